The number of esters is 2. The Bertz CT molecular complexity index is 1380. The summed E-state index contributed by atoms with van der Waals surface area (Å²) in [7, 11) is 5.96. The highest BCUT2D eigenvalue weighted by molar-refractivity contribution is 5.71. The van der Waals surface area contributed by atoms with E-state index < -0.39 is 24.3 Å². The van der Waals surface area contributed by atoms with Gasteiger partial charge in [0.1, 0.15) is 13.2 Å². The molecule has 0 saturated carbocycles. The summed E-state index contributed by atoms with van der Waals surface area (Å²) in [5, 5.41) is 9.70. The number of likely N-dealkylation sites (N-methyl/N-ethyl adjacent to an activating group) is 1. The van der Waals surface area contributed by atoms with Crippen molar-refractivity contribution in [3.63, 3.8) is 0 Å². The van der Waals surface area contributed by atoms with E-state index in [1.807, 2.05) is 21.1 Å². The first-order valence-corrected chi connectivity index (χ1v) is 28.6. The first kappa shape index (κ1) is 66.7. The largest absolute Gasteiger partial charge is 0.477 e. The van der Waals surface area contributed by atoms with Gasteiger partial charge in [0.15, 0.2) is 6.10 Å². The lowest BCUT2D eigenvalue weighted by molar-refractivity contribution is -0.870. The maximum Gasteiger partial charge on any atom is 0.361 e. The number of carboxylic acid groups (broad SMARTS) is 1. The minimum absolute atomic E-state index is 0.184. The van der Waals surface area contributed by atoms with Crippen molar-refractivity contribution in [3.8, 4) is 0 Å². The molecule has 0 radical (unpaired) electrons. The number of allylic oxidation sites excluding steroid dienone is 12. The summed E-state index contributed by atoms with van der Waals surface area (Å²) in [5.41, 5.74) is 0. The molecule has 70 heavy (non-hydrogen) atoms. The predicted octanol–water partition coefficient (Wildman–Crippen LogP) is 16.6. The maximum absolute atomic E-state index is 12.9. The molecular formula is C61H108NO8+. The van der Waals surface area contributed by atoms with Crippen molar-refractivity contribution in [1.29, 1.82) is 0 Å². The second-order valence-electron chi connectivity index (χ2n) is 20.2. The van der Waals surface area contributed by atoms with Crippen LogP contribution in [0.3, 0.4) is 0 Å². The van der Waals surface area contributed by atoms with Crippen LogP contribution in [0.2, 0.25) is 0 Å². The van der Waals surface area contributed by atoms with Gasteiger partial charge in [-0.15, -0.1) is 0 Å². The quantitative estimate of drug-likeness (QED) is 0.0211. The van der Waals surface area contributed by atoms with Gasteiger partial charge in [-0.2, -0.15) is 0 Å². The van der Waals surface area contributed by atoms with Gasteiger partial charge in [-0.05, 0) is 83.5 Å². The lowest BCUT2D eigenvalue weighted by Gasteiger charge is -2.25. The van der Waals surface area contributed by atoms with E-state index in [4.69, 9.17) is 18.9 Å². The molecule has 0 aliphatic heterocycles. The van der Waals surface area contributed by atoms with Gasteiger partial charge < -0.3 is 28.5 Å². The van der Waals surface area contributed by atoms with E-state index in [0.717, 1.165) is 70.6 Å². The highest BCUT2D eigenvalue weighted by Gasteiger charge is 2.25. The van der Waals surface area contributed by atoms with Gasteiger partial charge in [-0.3, -0.25) is 9.59 Å². The Balaban J connectivity index is 4.26. The van der Waals surface area contributed by atoms with Crippen molar-refractivity contribution in [1.82, 2.24) is 0 Å². The molecule has 0 rings (SSSR count). The molecule has 404 valence electrons. The third kappa shape index (κ3) is 52.6. The van der Waals surface area contributed by atoms with E-state index in [2.05, 4.69) is 86.8 Å². The van der Waals surface area contributed by atoms with Crippen LogP contribution in [0.1, 0.15) is 239 Å². The summed E-state index contributed by atoms with van der Waals surface area (Å²) in [6.45, 7) is 4.76. The van der Waals surface area contributed by atoms with E-state index >= 15 is 0 Å². The van der Waals surface area contributed by atoms with Crippen LogP contribution in [0.25, 0.3) is 0 Å². The number of carbonyl (C=O) groups excluding carboxylic acids is 2. The number of aliphatic carboxylic acids is 1. The number of unbranched alkanes of at least 4 members (excludes halogenated alkanes) is 25. The van der Waals surface area contributed by atoms with Crippen molar-refractivity contribution < 1.29 is 42.9 Å². The monoisotopic (exact) mass is 983 g/mol. The number of nitrogens with zero attached hydrogens (tertiary/aromatic N) is 1. The van der Waals surface area contributed by atoms with Crippen LogP contribution in [0.4, 0.5) is 0 Å². The SMILES string of the molecule is CC/C=C\C/C=C\C/C=C\C/C=C\C/C=C\CCCCCCCCCCCCCC(=O)OC(COC(=O)CCCCCCCCC/C=C\CCCCCCCCC)COC(OCC[N+](C)(C)C)C(=O)O. The lowest BCUT2D eigenvalue weighted by atomic mass is 10.0. The molecular weight excluding hydrogens is 875 g/mol. The third-order valence-corrected chi connectivity index (χ3v) is 12.2. The van der Waals surface area contributed by atoms with E-state index in [9.17, 15) is 19.5 Å². The molecule has 0 amide bonds. The predicted molar refractivity (Wildman–Crippen MR) is 295 cm³/mol. The minimum atomic E-state index is -1.51. The molecule has 1 N–H and O–H groups in total. The molecule has 0 aromatic carbocycles. The second-order valence-corrected chi connectivity index (χ2v) is 20.2. The van der Waals surface area contributed by atoms with E-state index in [1.165, 1.54) is 135 Å². The van der Waals surface area contributed by atoms with Gasteiger partial charge in [-0.1, -0.05) is 215 Å². The summed E-state index contributed by atoms with van der Waals surface area (Å²) >= 11 is 0. The number of carbonyl (C=O) groups is 3. The summed E-state index contributed by atoms with van der Waals surface area (Å²) < 4.78 is 22.9. The molecule has 0 aromatic rings. The van der Waals surface area contributed by atoms with Crippen LogP contribution in [0.15, 0.2) is 72.9 Å². The summed E-state index contributed by atoms with van der Waals surface area (Å²) in [6, 6.07) is 0. The van der Waals surface area contributed by atoms with Crippen molar-refractivity contribution in [2.24, 2.45) is 0 Å². The summed E-state index contributed by atoms with van der Waals surface area (Å²) in [5.74, 6) is -2.01. The van der Waals surface area contributed by atoms with Crippen LogP contribution >= 0.6 is 0 Å². The first-order valence-electron chi connectivity index (χ1n) is 28.6. The summed E-state index contributed by atoms with van der Waals surface area (Å²) in [4.78, 5) is 37.4. The Morgan fingerprint density at radius 2 is 0.814 bits per heavy atom. The average Bonchev–Trinajstić information content (AvgIpc) is 3.33. The summed E-state index contributed by atoms with van der Waals surface area (Å²) in [6.07, 6.45) is 64.0. The fourth-order valence-electron chi connectivity index (χ4n) is 7.80. The molecule has 2 unspecified atom stereocenters. The molecule has 2 atom stereocenters. The number of carboxylic acids is 1. The Morgan fingerprint density at radius 1 is 0.443 bits per heavy atom. The van der Waals surface area contributed by atoms with Crippen LogP contribution in [0.5, 0.6) is 0 Å². The fraction of sp³-hybridized carbons (Fsp3) is 0.754. The van der Waals surface area contributed by atoms with Gasteiger partial charge in [0.05, 0.1) is 34.4 Å². The Labute approximate surface area is 430 Å². The van der Waals surface area contributed by atoms with Crippen LogP contribution < -0.4 is 0 Å². The molecule has 9 heteroatoms. The number of quaternary nitrogens is 1. The van der Waals surface area contributed by atoms with E-state index in [-0.39, 0.29) is 32.2 Å². The molecule has 0 bridgehead atoms. The molecule has 0 fully saturated rings. The molecule has 9 nitrogen and oxygen atoms in total. The Kier molecular flexibility index (Phi) is 49.6. The molecule has 0 spiro atoms. The highest BCUT2D eigenvalue weighted by atomic mass is 16.7. The van der Waals surface area contributed by atoms with Gasteiger partial charge in [0.25, 0.3) is 6.29 Å². The lowest BCUT2D eigenvalue weighted by Crippen LogP contribution is -2.40. The number of hydrogen-bond donors (Lipinski definition) is 1. The molecule has 0 aliphatic rings. The van der Waals surface area contributed by atoms with Crippen LogP contribution in [0, 0.1) is 0 Å². The standard InChI is InChI=1S/C61H107NO8/c1-6-8-10-12-14-16-18-20-22-24-26-27-28-29-30-31-32-33-34-36-38-40-42-44-46-48-50-52-59(64)70-57(56-69-61(60(65)66)67-54-53-62(3,4)5)55-68-58(63)51-49-47-45-43-41-39-37-35-25-23-21-19-17-15-13-11-9-7-2/h8,10,14,16,20,22-23,25-27,29-30,57,61H,6-7,9,11-13,15,17-19,21,24,28,31-56H2,1-5H3/p+1/b10-8-,16-14-,22-20-,25-23-,27-26-,30-29-. The highest BCUT2D eigenvalue weighted by Crippen LogP contribution is 2.15. The molecule has 0 aliphatic carbocycles. The molecule has 0 aromatic heterocycles. The van der Waals surface area contributed by atoms with E-state index in [1.54, 1.807) is 0 Å². The van der Waals surface area contributed by atoms with Gasteiger partial charge in [-0.25, -0.2) is 4.79 Å². The van der Waals surface area contributed by atoms with Gasteiger partial charge in [0.2, 0.25) is 0 Å². The fourth-order valence-corrected chi connectivity index (χ4v) is 7.80. The zero-order valence-corrected chi connectivity index (χ0v) is 45.9. The molecule has 0 saturated heterocycles. The van der Waals surface area contributed by atoms with Crippen LogP contribution in [-0.2, 0) is 33.3 Å². The first-order chi connectivity index (χ1) is 34.1. The maximum atomic E-state index is 12.9. The minimum Gasteiger partial charge on any atom is -0.477 e. The second kappa shape index (κ2) is 52.1. The topological polar surface area (TPSA) is 108 Å². The number of hydrogen-bond acceptors (Lipinski definition) is 7. The average molecular weight is 984 g/mol. The molecule has 0 heterocycles. The Hall–Kier alpha value is -3.27. The van der Waals surface area contributed by atoms with Gasteiger partial charge in [0, 0.05) is 12.8 Å². The Morgan fingerprint density at radius 3 is 1.23 bits per heavy atom. The zero-order chi connectivity index (χ0) is 51.3. The van der Waals surface area contributed by atoms with Crippen LogP contribution in [-0.4, -0.2) is 87.4 Å². The number of rotatable bonds is 52. The van der Waals surface area contributed by atoms with Crippen molar-refractivity contribution in [2.45, 2.75) is 251 Å². The van der Waals surface area contributed by atoms with Crippen molar-refractivity contribution in [3.05, 3.63) is 72.9 Å². The normalized spacial score (nSPS) is 13.3. The van der Waals surface area contributed by atoms with Crippen molar-refractivity contribution in [2.75, 3.05) is 47.5 Å². The van der Waals surface area contributed by atoms with Gasteiger partial charge >= 0.3 is 17.9 Å². The zero-order valence-electron chi connectivity index (χ0n) is 45.9. The number of ether oxygens (including phenoxy) is 4. The third-order valence-electron chi connectivity index (χ3n) is 12.2. The van der Waals surface area contributed by atoms with E-state index in [0.29, 0.717) is 23.9 Å². The smallest absolute Gasteiger partial charge is 0.361 e. The van der Waals surface area contributed by atoms with Crippen molar-refractivity contribution >= 4 is 17.9 Å².